The molecule has 0 aromatic heterocycles. The van der Waals surface area contributed by atoms with Crippen molar-refractivity contribution in [1.82, 2.24) is 20.0 Å². The number of urea groups is 1. The molecule has 0 saturated carbocycles. The maximum absolute atomic E-state index is 13.7. The first kappa shape index (κ1) is 17.9. The van der Waals surface area contributed by atoms with E-state index in [-0.39, 0.29) is 11.8 Å². The standard InChI is InChI=1S/C18H27FN4O2/c1-21-7-9-22(10-8-21)15-5-6-23(13-15)18(24)20-12-14-3-4-17(25-2)16(19)11-14/h3-4,11,15H,5-10,12-13H2,1-2H3,(H,20,24)/t15-/m1/s1. The fourth-order valence-corrected chi connectivity index (χ4v) is 3.52. The van der Waals surface area contributed by atoms with Gasteiger partial charge in [-0.1, -0.05) is 6.07 Å². The molecule has 0 unspecified atom stereocenters. The number of carbonyl (C=O) groups excluding carboxylic acids is 1. The van der Waals surface area contributed by atoms with Gasteiger partial charge in [-0.15, -0.1) is 0 Å². The lowest BCUT2D eigenvalue weighted by Gasteiger charge is -2.36. The molecule has 1 atom stereocenters. The van der Waals surface area contributed by atoms with Gasteiger partial charge in [-0.05, 0) is 31.2 Å². The van der Waals surface area contributed by atoms with Crippen LogP contribution in [0.3, 0.4) is 0 Å². The van der Waals surface area contributed by atoms with Crippen LogP contribution in [0.2, 0.25) is 0 Å². The number of likely N-dealkylation sites (tertiary alicyclic amines) is 1. The summed E-state index contributed by atoms with van der Waals surface area (Å²) in [7, 11) is 3.58. The molecule has 138 valence electrons. The Bertz CT molecular complexity index is 605. The molecule has 2 saturated heterocycles. The SMILES string of the molecule is COc1ccc(CNC(=O)N2CC[C@@H](N3CCN(C)CC3)C2)cc1F. The molecule has 0 radical (unpaired) electrons. The van der Waals surface area contributed by atoms with Gasteiger partial charge in [-0.2, -0.15) is 0 Å². The van der Waals surface area contributed by atoms with Gasteiger partial charge in [-0.25, -0.2) is 9.18 Å². The fourth-order valence-electron chi connectivity index (χ4n) is 3.52. The lowest BCUT2D eigenvalue weighted by atomic mass is 10.2. The first-order valence-corrected chi connectivity index (χ1v) is 8.84. The average Bonchev–Trinajstić information content (AvgIpc) is 3.10. The topological polar surface area (TPSA) is 48.1 Å². The quantitative estimate of drug-likeness (QED) is 0.891. The number of rotatable bonds is 4. The largest absolute Gasteiger partial charge is 0.494 e. The minimum absolute atomic E-state index is 0.0761. The van der Waals surface area contributed by atoms with Crippen LogP contribution in [0.1, 0.15) is 12.0 Å². The highest BCUT2D eigenvalue weighted by molar-refractivity contribution is 5.74. The summed E-state index contributed by atoms with van der Waals surface area (Å²) in [6.45, 7) is 6.18. The summed E-state index contributed by atoms with van der Waals surface area (Å²) >= 11 is 0. The lowest BCUT2D eigenvalue weighted by Crippen LogP contribution is -2.50. The molecule has 6 nitrogen and oxygen atoms in total. The number of carbonyl (C=O) groups is 1. The van der Waals surface area contributed by atoms with Crippen LogP contribution in [0.25, 0.3) is 0 Å². The summed E-state index contributed by atoms with van der Waals surface area (Å²) in [6.07, 6.45) is 1.02. The highest BCUT2D eigenvalue weighted by Gasteiger charge is 2.31. The Balaban J connectivity index is 1.47. The molecule has 2 amide bonds. The molecular formula is C18H27FN4O2. The predicted molar refractivity (Wildman–Crippen MR) is 94.2 cm³/mol. The molecule has 2 fully saturated rings. The zero-order valence-electron chi connectivity index (χ0n) is 15.0. The number of hydrogen-bond donors (Lipinski definition) is 1. The summed E-state index contributed by atoms with van der Waals surface area (Å²) in [5.41, 5.74) is 0.724. The Morgan fingerprint density at radius 1 is 1.28 bits per heavy atom. The van der Waals surface area contributed by atoms with Crippen LogP contribution in [-0.2, 0) is 6.54 Å². The molecule has 2 aliphatic heterocycles. The van der Waals surface area contributed by atoms with Crippen LogP contribution >= 0.6 is 0 Å². The molecule has 25 heavy (non-hydrogen) atoms. The number of methoxy groups -OCH3 is 1. The van der Waals surface area contributed by atoms with Crippen molar-refractivity contribution >= 4 is 6.03 Å². The molecular weight excluding hydrogens is 323 g/mol. The number of ether oxygens (including phenoxy) is 1. The zero-order chi connectivity index (χ0) is 17.8. The summed E-state index contributed by atoms with van der Waals surface area (Å²) < 4.78 is 18.6. The van der Waals surface area contributed by atoms with Crippen molar-refractivity contribution in [3.63, 3.8) is 0 Å². The molecule has 3 rings (SSSR count). The number of amides is 2. The van der Waals surface area contributed by atoms with Crippen LogP contribution in [0.5, 0.6) is 5.75 Å². The molecule has 0 aliphatic carbocycles. The Hall–Kier alpha value is -1.86. The van der Waals surface area contributed by atoms with E-state index in [2.05, 4.69) is 22.2 Å². The highest BCUT2D eigenvalue weighted by Crippen LogP contribution is 2.19. The van der Waals surface area contributed by atoms with Gasteiger partial charge in [0.1, 0.15) is 0 Å². The second-order valence-corrected chi connectivity index (χ2v) is 6.86. The van der Waals surface area contributed by atoms with Gasteiger partial charge in [0, 0.05) is 51.9 Å². The van der Waals surface area contributed by atoms with Gasteiger partial charge < -0.3 is 19.9 Å². The number of benzene rings is 1. The molecule has 1 N–H and O–H groups in total. The maximum atomic E-state index is 13.7. The van der Waals surface area contributed by atoms with E-state index in [0.29, 0.717) is 12.6 Å². The third-order valence-corrected chi connectivity index (χ3v) is 5.16. The number of hydrogen-bond acceptors (Lipinski definition) is 4. The van der Waals surface area contributed by atoms with Gasteiger partial charge >= 0.3 is 6.03 Å². The number of nitrogens with zero attached hydrogens (tertiary/aromatic N) is 3. The second kappa shape index (κ2) is 8.01. The molecule has 2 aliphatic rings. The van der Waals surface area contributed by atoms with E-state index in [4.69, 9.17) is 4.74 Å². The Labute approximate surface area is 148 Å². The van der Waals surface area contributed by atoms with Gasteiger partial charge in [0.05, 0.1) is 7.11 Å². The van der Waals surface area contributed by atoms with Crippen LogP contribution < -0.4 is 10.1 Å². The predicted octanol–water partition coefficient (Wildman–Crippen LogP) is 1.37. The smallest absolute Gasteiger partial charge is 0.317 e. The molecule has 2 heterocycles. The molecule has 1 aromatic carbocycles. The lowest BCUT2D eigenvalue weighted by molar-refractivity contribution is 0.114. The molecule has 1 aromatic rings. The third-order valence-electron chi connectivity index (χ3n) is 5.16. The fraction of sp³-hybridized carbons (Fsp3) is 0.611. The first-order valence-electron chi connectivity index (χ1n) is 8.84. The monoisotopic (exact) mass is 350 g/mol. The summed E-state index contributed by atoms with van der Waals surface area (Å²) in [5, 5.41) is 2.89. The van der Waals surface area contributed by atoms with Crippen molar-refractivity contribution in [1.29, 1.82) is 0 Å². The van der Waals surface area contributed by atoms with Crippen molar-refractivity contribution in [2.24, 2.45) is 0 Å². The van der Waals surface area contributed by atoms with E-state index in [1.54, 1.807) is 12.1 Å². The van der Waals surface area contributed by atoms with Crippen LogP contribution in [0.4, 0.5) is 9.18 Å². The van der Waals surface area contributed by atoms with E-state index in [9.17, 15) is 9.18 Å². The van der Waals surface area contributed by atoms with Crippen LogP contribution in [0, 0.1) is 5.82 Å². The number of likely N-dealkylation sites (N-methyl/N-ethyl adjacent to an activating group) is 1. The minimum atomic E-state index is -0.412. The summed E-state index contributed by atoms with van der Waals surface area (Å²) in [5.74, 6) is -0.199. The highest BCUT2D eigenvalue weighted by atomic mass is 19.1. The third kappa shape index (κ3) is 4.41. The zero-order valence-corrected chi connectivity index (χ0v) is 15.0. The van der Waals surface area contributed by atoms with E-state index < -0.39 is 5.82 Å². The van der Waals surface area contributed by atoms with Crippen molar-refractivity contribution in [3.05, 3.63) is 29.6 Å². The Morgan fingerprint density at radius 3 is 2.72 bits per heavy atom. The van der Waals surface area contributed by atoms with E-state index >= 15 is 0 Å². The van der Waals surface area contributed by atoms with Crippen LogP contribution in [0.15, 0.2) is 18.2 Å². The van der Waals surface area contributed by atoms with Crippen molar-refractivity contribution in [2.75, 3.05) is 53.4 Å². The molecule has 0 bridgehead atoms. The number of piperazine rings is 1. The first-order chi connectivity index (χ1) is 12.1. The van der Waals surface area contributed by atoms with Crippen molar-refractivity contribution in [2.45, 2.75) is 19.0 Å². The number of halogens is 1. The van der Waals surface area contributed by atoms with Gasteiger partial charge in [0.2, 0.25) is 0 Å². The summed E-state index contributed by atoms with van der Waals surface area (Å²) in [4.78, 5) is 19.1. The summed E-state index contributed by atoms with van der Waals surface area (Å²) in [6, 6.07) is 5.12. The normalized spacial score (nSPS) is 22.2. The van der Waals surface area contributed by atoms with Gasteiger partial charge in [-0.3, -0.25) is 4.90 Å². The van der Waals surface area contributed by atoms with Gasteiger partial charge in [0.25, 0.3) is 0 Å². The van der Waals surface area contributed by atoms with E-state index in [1.165, 1.54) is 13.2 Å². The van der Waals surface area contributed by atoms with Crippen molar-refractivity contribution < 1.29 is 13.9 Å². The van der Waals surface area contributed by atoms with E-state index in [0.717, 1.165) is 51.3 Å². The Kier molecular flexibility index (Phi) is 5.75. The van der Waals surface area contributed by atoms with Crippen molar-refractivity contribution in [3.8, 4) is 5.75 Å². The Morgan fingerprint density at radius 2 is 2.04 bits per heavy atom. The second-order valence-electron chi connectivity index (χ2n) is 6.86. The molecule has 7 heteroatoms. The van der Waals surface area contributed by atoms with E-state index in [1.807, 2.05) is 4.90 Å². The number of nitrogens with one attached hydrogen (secondary N) is 1. The average molecular weight is 350 g/mol. The van der Waals surface area contributed by atoms with Gasteiger partial charge in [0.15, 0.2) is 11.6 Å². The molecule has 0 spiro atoms. The van der Waals surface area contributed by atoms with Crippen LogP contribution in [-0.4, -0.2) is 80.2 Å². The minimum Gasteiger partial charge on any atom is -0.494 e. The maximum Gasteiger partial charge on any atom is 0.317 e.